The summed E-state index contributed by atoms with van der Waals surface area (Å²) in [5.41, 5.74) is 1.19. The molecule has 0 aliphatic carbocycles. The molecule has 1 N–H and O–H groups in total. The Morgan fingerprint density at radius 2 is 2.16 bits per heavy atom. The summed E-state index contributed by atoms with van der Waals surface area (Å²) in [6.07, 6.45) is -0.536. The molecule has 0 aliphatic rings. The van der Waals surface area contributed by atoms with Gasteiger partial charge in [-0.3, -0.25) is 0 Å². The van der Waals surface area contributed by atoms with Crippen LogP contribution in [0.5, 0.6) is 5.88 Å². The van der Waals surface area contributed by atoms with Gasteiger partial charge in [-0.05, 0) is 29.8 Å². The highest BCUT2D eigenvalue weighted by atomic mass is 79.9. The SMILES string of the molecule is COc1cccc(C(O)Cc2cc(F)ccc2Br)n1. The maximum atomic E-state index is 13.2. The van der Waals surface area contributed by atoms with E-state index in [1.807, 2.05) is 0 Å². The zero-order chi connectivity index (χ0) is 13.8. The van der Waals surface area contributed by atoms with Gasteiger partial charge in [0.1, 0.15) is 11.9 Å². The second-order valence-corrected chi connectivity index (χ2v) is 4.91. The van der Waals surface area contributed by atoms with Gasteiger partial charge in [-0.25, -0.2) is 9.37 Å². The third kappa shape index (κ3) is 3.52. The number of hydrogen-bond acceptors (Lipinski definition) is 3. The lowest BCUT2D eigenvalue weighted by Gasteiger charge is -2.12. The number of methoxy groups -OCH3 is 1. The maximum Gasteiger partial charge on any atom is 0.213 e. The van der Waals surface area contributed by atoms with Gasteiger partial charge in [-0.15, -0.1) is 0 Å². The van der Waals surface area contributed by atoms with Gasteiger partial charge >= 0.3 is 0 Å². The molecule has 0 amide bonds. The van der Waals surface area contributed by atoms with E-state index in [0.29, 0.717) is 17.1 Å². The number of ether oxygens (including phenoxy) is 1. The van der Waals surface area contributed by atoms with E-state index in [2.05, 4.69) is 20.9 Å². The van der Waals surface area contributed by atoms with Crippen molar-refractivity contribution in [2.24, 2.45) is 0 Å². The number of hydrogen-bond donors (Lipinski definition) is 1. The molecule has 0 saturated carbocycles. The third-order valence-corrected chi connectivity index (χ3v) is 3.49. The van der Waals surface area contributed by atoms with Gasteiger partial charge < -0.3 is 9.84 Å². The lowest BCUT2D eigenvalue weighted by Crippen LogP contribution is -2.05. The second-order valence-electron chi connectivity index (χ2n) is 4.06. The van der Waals surface area contributed by atoms with Crippen LogP contribution >= 0.6 is 15.9 Å². The molecule has 1 unspecified atom stereocenters. The molecule has 2 rings (SSSR count). The molecule has 2 aromatic rings. The standard InChI is InChI=1S/C14H13BrFNO2/c1-19-14-4-2-3-12(17-14)13(18)8-9-7-10(16)5-6-11(9)15/h2-7,13,18H,8H2,1H3. The van der Waals surface area contributed by atoms with Crippen LogP contribution in [0.2, 0.25) is 0 Å². The fraction of sp³-hybridized carbons (Fsp3) is 0.214. The summed E-state index contributed by atoms with van der Waals surface area (Å²) in [6.45, 7) is 0. The zero-order valence-corrected chi connectivity index (χ0v) is 11.9. The Bertz CT molecular complexity index is 577. The number of aliphatic hydroxyl groups is 1. The minimum Gasteiger partial charge on any atom is -0.481 e. The topological polar surface area (TPSA) is 42.4 Å². The Morgan fingerprint density at radius 3 is 2.89 bits per heavy atom. The van der Waals surface area contributed by atoms with Crippen LogP contribution in [-0.2, 0) is 6.42 Å². The van der Waals surface area contributed by atoms with Crippen molar-refractivity contribution >= 4 is 15.9 Å². The lowest BCUT2D eigenvalue weighted by molar-refractivity contribution is 0.172. The molecule has 19 heavy (non-hydrogen) atoms. The van der Waals surface area contributed by atoms with Crippen molar-refractivity contribution in [3.8, 4) is 5.88 Å². The van der Waals surface area contributed by atoms with Crippen LogP contribution < -0.4 is 4.74 Å². The Morgan fingerprint density at radius 1 is 1.37 bits per heavy atom. The van der Waals surface area contributed by atoms with Crippen molar-refractivity contribution in [3.63, 3.8) is 0 Å². The monoisotopic (exact) mass is 325 g/mol. The summed E-state index contributed by atoms with van der Waals surface area (Å²) < 4.78 is 18.9. The number of nitrogens with zero attached hydrogens (tertiary/aromatic N) is 1. The molecule has 0 aliphatic heterocycles. The van der Waals surface area contributed by atoms with Gasteiger partial charge in [0, 0.05) is 17.0 Å². The number of aliphatic hydroxyl groups excluding tert-OH is 1. The molecule has 5 heteroatoms. The highest BCUT2D eigenvalue weighted by Crippen LogP contribution is 2.24. The molecular weight excluding hydrogens is 313 g/mol. The second kappa shape index (κ2) is 6.12. The molecule has 0 spiro atoms. The maximum absolute atomic E-state index is 13.2. The van der Waals surface area contributed by atoms with Gasteiger partial charge in [0.25, 0.3) is 0 Å². The summed E-state index contributed by atoms with van der Waals surface area (Å²) in [7, 11) is 1.52. The molecule has 0 radical (unpaired) electrons. The summed E-state index contributed by atoms with van der Waals surface area (Å²) in [5.74, 6) is 0.110. The molecular formula is C14H13BrFNO2. The van der Waals surface area contributed by atoms with E-state index in [-0.39, 0.29) is 12.2 Å². The van der Waals surface area contributed by atoms with Crippen molar-refractivity contribution < 1.29 is 14.2 Å². The van der Waals surface area contributed by atoms with Crippen molar-refractivity contribution in [1.82, 2.24) is 4.98 Å². The normalized spacial score (nSPS) is 12.2. The molecule has 1 aromatic heterocycles. The van der Waals surface area contributed by atoms with Gasteiger partial charge in [-0.1, -0.05) is 22.0 Å². The average Bonchev–Trinajstić information content (AvgIpc) is 2.43. The van der Waals surface area contributed by atoms with E-state index >= 15 is 0 Å². The predicted octanol–water partition coefficient (Wildman–Crippen LogP) is 3.27. The Labute approximate surface area is 119 Å². The smallest absolute Gasteiger partial charge is 0.213 e. The highest BCUT2D eigenvalue weighted by molar-refractivity contribution is 9.10. The fourth-order valence-corrected chi connectivity index (χ4v) is 2.15. The lowest BCUT2D eigenvalue weighted by atomic mass is 10.1. The van der Waals surface area contributed by atoms with Crippen LogP contribution in [0.25, 0.3) is 0 Å². The van der Waals surface area contributed by atoms with Gasteiger partial charge in [0.2, 0.25) is 5.88 Å². The minimum absolute atomic E-state index is 0.276. The molecule has 1 aromatic carbocycles. The third-order valence-electron chi connectivity index (χ3n) is 2.72. The first-order valence-corrected chi connectivity index (χ1v) is 6.52. The predicted molar refractivity (Wildman–Crippen MR) is 73.6 cm³/mol. The van der Waals surface area contributed by atoms with Crippen molar-refractivity contribution in [1.29, 1.82) is 0 Å². The molecule has 0 fully saturated rings. The molecule has 3 nitrogen and oxygen atoms in total. The molecule has 1 atom stereocenters. The molecule has 1 heterocycles. The minimum atomic E-state index is -0.812. The fourth-order valence-electron chi connectivity index (χ4n) is 1.74. The van der Waals surface area contributed by atoms with E-state index in [0.717, 1.165) is 4.47 Å². The van der Waals surface area contributed by atoms with Crippen LogP contribution in [0.1, 0.15) is 17.4 Å². The number of rotatable bonds is 4. The average molecular weight is 326 g/mol. The largest absolute Gasteiger partial charge is 0.481 e. The first-order valence-electron chi connectivity index (χ1n) is 5.73. The van der Waals surface area contributed by atoms with Gasteiger partial charge in [0.15, 0.2) is 0 Å². The van der Waals surface area contributed by atoms with Crippen molar-refractivity contribution in [2.75, 3.05) is 7.11 Å². The Kier molecular flexibility index (Phi) is 4.50. The van der Waals surface area contributed by atoms with E-state index < -0.39 is 6.10 Å². The van der Waals surface area contributed by atoms with Crippen LogP contribution in [0.3, 0.4) is 0 Å². The van der Waals surface area contributed by atoms with Crippen LogP contribution in [0.15, 0.2) is 40.9 Å². The van der Waals surface area contributed by atoms with Crippen molar-refractivity contribution in [3.05, 3.63) is 57.9 Å². The van der Waals surface area contributed by atoms with E-state index in [9.17, 15) is 9.50 Å². The highest BCUT2D eigenvalue weighted by Gasteiger charge is 2.13. The van der Waals surface area contributed by atoms with E-state index in [1.54, 1.807) is 24.3 Å². The van der Waals surface area contributed by atoms with Crippen LogP contribution in [-0.4, -0.2) is 17.2 Å². The number of aromatic nitrogens is 1. The number of benzene rings is 1. The Hall–Kier alpha value is -1.46. The van der Waals surface area contributed by atoms with Crippen molar-refractivity contribution in [2.45, 2.75) is 12.5 Å². The summed E-state index contributed by atoms with van der Waals surface area (Å²) in [5, 5.41) is 10.1. The van der Waals surface area contributed by atoms with E-state index in [4.69, 9.17) is 4.74 Å². The molecule has 0 bridgehead atoms. The van der Waals surface area contributed by atoms with Crippen LogP contribution in [0.4, 0.5) is 4.39 Å². The Balaban J connectivity index is 2.20. The summed E-state index contributed by atoms with van der Waals surface area (Å²) in [6, 6.07) is 9.55. The number of halogens is 2. The first-order chi connectivity index (χ1) is 9.10. The van der Waals surface area contributed by atoms with Gasteiger partial charge in [0.05, 0.1) is 12.8 Å². The van der Waals surface area contributed by atoms with Crippen LogP contribution in [0, 0.1) is 5.82 Å². The van der Waals surface area contributed by atoms with Gasteiger partial charge in [-0.2, -0.15) is 0 Å². The quantitative estimate of drug-likeness (QED) is 0.938. The summed E-state index contributed by atoms with van der Waals surface area (Å²) >= 11 is 3.34. The molecule has 100 valence electrons. The molecule has 0 saturated heterocycles. The zero-order valence-electron chi connectivity index (χ0n) is 10.3. The van der Waals surface area contributed by atoms with E-state index in [1.165, 1.54) is 19.2 Å². The number of pyridine rings is 1. The summed E-state index contributed by atoms with van der Waals surface area (Å²) in [4.78, 5) is 4.16. The first kappa shape index (κ1) is 14.0.